The molecule has 0 aliphatic heterocycles. The summed E-state index contributed by atoms with van der Waals surface area (Å²) in [5.41, 5.74) is 9.68. The molecule has 0 fully saturated rings. The number of hydrogen-bond donors (Lipinski definition) is 2. The number of nitrogens with two attached hydrogens (primary N) is 1. The van der Waals surface area contributed by atoms with Gasteiger partial charge in [0.25, 0.3) is 0 Å². The lowest BCUT2D eigenvalue weighted by atomic mass is 10.1. The van der Waals surface area contributed by atoms with Crippen LogP contribution in [0.15, 0.2) is 6.07 Å². The molecule has 1 heterocycles. The van der Waals surface area contributed by atoms with Crippen LogP contribution in [0.25, 0.3) is 0 Å². The molecule has 0 spiro atoms. The average molecular weight is 166 g/mol. The summed E-state index contributed by atoms with van der Waals surface area (Å²) in [7, 11) is 0. The second-order valence-electron chi connectivity index (χ2n) is 3.44. The summed E-state index contributed by atoms with van der Waals surface area (Å²) in [4.78, 5) is 3.30. The molecule has 0 radical (unpaired) electrons. The van der Waals surface area contributed by atoms with Gasteiger partial charge >= 0.3 is 0 Å². The molecule has 1 aromatic heterocycles. The van der Waals surface area contributed by atoms with Gasteiger partial charge in [-0.3, -0.25) is 0 Å². The number of aromatic amines is 1. The van der Waals surface area contributed by atoms with Gasteiger partial charge in [0, 0.05) is 17.4 Å². The SMILES string of the molecule is CCCC(N)c1[nH]c(C)cc1C. The molecule has 1 atom stereocenters. The third-order valence-corrected chi connectivity index (χ3v) is 2.16. The Morgan fingerprint density at radius 2 is 2.17 bits per heavy atom. The minimum Gasteiger partial charge on any atom is -0.361 e. The summed E-state index contributed by atoms with van der Waals surface area (Å²) in [6.07, 6.45) is 2.19. The van der Waals surface area contributed by atoms with E-state index in [1.165, 1.54) is 17.0 Å². The fraction of sp³-hybridized carbons (Fsp3) is 0.600. The van der Waals surface area contributed by atoms with E-state index in [-0.39, 0.29) is 6.04 Å². The molecule has 1 rings (SSSR count). The normalized spacial score (nSPS) is 13.3. The second-order valence-corrected chi connectivity index (χ2v) is 3.44. The van der Waals surface area contributed by atoms with E-state index in [1.54, 1.807) is 0 Å². The Morgan fingerprint density at radius 3 is 2.58 bits per heavy atom. The first kappa shape index (κ1) is 9.33. The molecule has 68 valence electrons. The highest BCUT2D eigenvalue weighted by Crippen LogP contribution is 2.19. The molecule has 1 aromatic rings. The van der Waals surface area contributed by atoms with E-state index in [1.807, 2.05) is 0 Å². The van der Waals surface area contributed by atoms with Crippen LogP contribution in [0.3, 0.4) is 0 Å². The van der Waals surface area contributed by atoms with Crippen LogP contribution in [0.5, 0.6) is 0 Å². The zero-order chi connectivity index (χ0) is 9.14. The number of hydrogen-bond acceptors (Lipinski definition) is 1. The summed E-state index contributed by atoms with van der Waals surface area (Å²) in [5.74, 6) is 0. The van der Waals surface area contributed by atoms with Crippen LogP contribution in [0.2, 0.25) is 0 Å². The fourth-order valence-electron chi connectivity index (χ4n) is 1.59. The minimum absolute atomic E-state index is 0.184. The van der Waals surface area contributed by atoms with Gasteiger partial charge in [-0.2, -0.15) is 0 Å². The number of nitrogens with one attached hydrogen (secondary N) is 1. The van der Waals surface area contributed by atoms with Crippen LogP contribution in [0, 0.1) is 13.8 Å². The molecule has 0 bridgehead atoms. The molecule has 0 amide bonds. The summed E-state index contributed by atoms with van der Waals surface area (Å²) in [5, 5.41) is 0. The maximum atomic E-state index is 5.99. The lowest BCUT2D eigenvalue weighted by molar-refractivity contribution is 0.621. The predicted molar refractivity (Wildman–Crippen MR) is 52.1 cm³/mol. The number of rotatable bonds is 3. The Hall–Kier alpha value is -0.760. The zero-order valence-corrected chi connectivity index (χ0v) is 8.15. The van der Waals surface area contributed by atoms with Crippen LogP contribution in [-0.2, 0) is 0 Å². The summed E-state index contributed by atoms with van der Waals surface area (Å²) < 4.78 is 0. The highest BCUT2D eigenvalue weighted by molar-refractivity contribution is 5.26. The Bertz CT molecular complexity index is 250. The Morgan fingerprint density at radius 1 is 1.50 bits per heavy atom. The van der Waals surface area contributed by atoms with Gasteiger partial charge in [0.1, 0.15) is 0 Å². The van der Waals surface area contributed by atoms with Crippen LogP contribution in [-0.4, -0.2) is 4.98 Å². The van der Waals surface area contributed by atoms with Gasteiger partial charge in [-0.1, -0.05) is 13.3 Å². The highest BCUT2D eigenvalue weighted by atomic mass is 14.8. The first-order valence-corrected chi connectivity index (χ1v) is 4.56. The van der Waals surface area contributed by atoms with E-state index >= 15 is 0 Å². The number of aryl methyl sites for hydroxylation is 2. The van der Waals surface area contributed by atoms with Crippen molar-refractivity contribution in [1.82, 2.24) is 4.98 Å². The lowest BCUT2D eigenvalue weighted by Gasteiger charge is -2.09. The smallest absolute Gasteiger partial charge is 0.0450 e. The van der Waals surface area contributed by atoms with E-state index < -0.39 is 0 Å². The molecule has 0 aromatic carbocycles. The largest absolute Gasteiger partial charge is 0.361 e. The number of H-pyrrole nitrogens is 1. The average Bonchev–Trinajstić information content (AvgIpc) is 2.30. The van der Waals surface area contributed by atoms with Crippen molar-refractivity contribution in [3.8, 4) is 0 Å². The fourth-order valence-corrected chi connectivity index (χ4v) is 1.59. The molecule has 0 saturated carbocycles. The van der Waals surface area contributed by atoms with Crippen molar-refractivity contribution in [1.29, 1.82) is 0 Å². The highest BCUT2D eigenvalue weighted by Gasteiger charge is 2.09. The zero-order valence-electron chi connectivity index (χ0n) is 8.15. The molecule has 2 heteroatoms. The van der Waals surface area contributed by atoms with Crippen LogP contribution in [0.1, 0.15) is 42.8 Å². The van der Waals surface area contributed by atoms with E-state index in [0.717, 1.165) is 12.8 Å². The van der Waals surface area contributed by atoms with Crippen LogP contribution < -0.4 is 5.73 Å². The molecule has 0 aliphatic rings. The topological polar surface area (TPSA) is 41.8 Å². The third kappa shape index (κ3) is 1.89. The maximum absolute atomic E-state index is 5.99. The van der Waals surface area contributed by atoms with E-state index in [0.29, 0.717) is 0 Å². The molecule has 2 nitrogen and oxygen atoms in total. The van der Waals surface area contributed by atoms with Crippen molar-refractivity contribution >= 4 is 0 Å². The Kier molecular flexibility index (Phi) is 2.93. The summed E-state index contributed by atoms with van der Waals surface area (Å²) in [6.45, 7) is 6.33. The molecule has 0 aliphatic carbocycles. The van der Waals surface area contributed by atoms with Gasteiger partial charge < -0.3 is 10.7 Å². The van der Waals surface area contributed by atoms with Crippen molar-refractivity contribution in [3.63, 3.8) is 0 Å². The molecular weight excluding hydrogens is 148 g/mol. The Balaban J connectivity index is 2.79. The van der Waals surface area contributed by atoms with Crippen molar-refractivity contribution < 1.29 is 0 Å². The van der Waals surface area contributed by atoms with E-state index in [2.05, 4.69) is 31.8 Å². The molecule has 1 unspecified atom stereocenters. The van der Waals surface area contributed by atoms with Gasteiger partial charge in [-0.05, 0) is 31.9 Å². The van der Waals surface area contributed by atoms with Crippen molar-refractivity contribution in [3.05, 3.63) is 23.0 Å². The molecule has 0 saturated heterocycles. The second kappa shape index (κ2) is 3.76. The van der Waals surface area contributed by atoms with Crippen LogP contribution >= 0.6 is 0 Å². The predicted octanol–water partition coefficient (Wildman–Crippen LogP) is 2.43. The van der Waals surface area contributed by atoms with Gasteiger partial charge in [-0.25, -0.2) is 0 Å². The maximum Gasteiger partial charge on any atom is 0.0450 e. The molecule has 12 heavy (non-hydrogen) atoms. The number of aromatic nitrogens is 1. The van der Waals surface area contributed by atoms with E-state index in [9.17, 15) is 0 Å². The standard InChI is InChI=1S/C10H18N2/c1-4-5-9(11)10-7(2)6-8(3)12-10/h6,9,12H,4-5,11H2,1-3H3. The first-order chi connectivity index (χ1) is 5.65. The third-order valence-electron chi connectivity index (χ3n) is 2.16. The van der Waals surface area contributed by atoms with Crippen LogP contribution in [0.4, 0.5) is 0 Å². The Labute approximate surface area is 74.2 Å². The first-order valence-electron chi connectivity index (χ1n) is 4.56. The summed E-state index contributed by atoms with van der Waals surface area (Å²) in [6, 6.07) is 2.33. The molecular formula is C10H18N2. The summed E-state index contributed by atoms with van der Waals surface area (Å²) >= 11 is 0. The van der Waals surface area contributed by atoms with Crippen molar-refractivity contribution in [2.45, 2.75) is 39.7 Å². The minimum atomic E-state index is 0.184. The molecule has 3 N–H and O–H groups in total. The van der Waals surface area contributed by atoms with Crippen molar-refractivity contribution in [2.24, 2.45) is 5.73 Å². The lowest BCUT2D eigenvalue weighted by Crippen LogP contribution is -2.11. The monoisotopic (exact) mass is 166 g/mol. The van der Waals surface area contributed by atoms with Gasteiger partial charge in [0.2, 0.25) is 0 Å². The quantitative estimate of drug-likeness (QED) is 0.711. The van der Waals surface area contributed by atoms with E-state index in [4.69, 9.17) is 5.73 Å². The van der Waals surface area contributed by atoms with Gasteiger partial charge in [0.05, 0.1) is 0 Å². The van der Waals surface area contributed by atoms with Gasteiger partial charge in [0.15, 0.2) is 0 Å². The van der Waals surface area contributed by atoms with Crippen molar-refractivity contribution in [2.75, 3.05) is 0 Å². The van der Waals surface area contributed by atoms with Gasteiger partial charge in [-0.15, -0.1) is 0 Å².